The summed E-state index contributed by atoms with van der Waals surface area (Å²) in [7, 11) is 5.87. The molecule has 0 amide bonds. The summed E-state index contributed by atoms with van der Waals surface area (Å²) in [5.74, 6) is 1.46. The van der Waals surface area contributed by atoms with E-state index in [4.69, 9.17) is 18.9 Å². The van der Waals surface area contributed by atoms with E-state index < -0.39 is 0 Å². The first-order valence-electron chi connectivity index (χ1n) is 7.31. The monoisotopic (exact) mass is 372 g/mol. The van der Waals surface area contributed by atoms with Gasteiger partial charge in [0, 0.05) is 23.3 Å². The summed E-state index contributed by atoms with van der Waals surface area (Å²) < 4.78 is 21.6. The molecule has 0 unspecified atom stereocenters. The molecule has 0 N–H and O–H groups in total. The van der Waals surface area contributed by atoms with Gasteiger partial charge in [-0.3, -0.25) is 0 Å². The van der Waals surface area contributed by atoms with Crippen molar-refractivity contribution in [2.75, 3.05) is 28.4 Å². The van der Waals surface area contributed by atoms with Gasteiger partial charge in [0.25, 0.3) is 0 Å². The second-order valence-corrected chi connectivity index (χ2v) is 4.86. The van der Waals surface area contributed by atoms with Gasteiger partial charge in [0.1, 0.15) is 0 Å². The molecule has 0 atom stereocenters. The quantitative estimate of drug-likeness (QED) is 0.539. The van der Waals surface area contributed by atoms with Gasteiger partial charge in [-0.1, -0.05) is 7.43 Å². The van der Waals surface area contributed by atoms with Crippen molar-refractivity contribution in [1.29, 1.82) is 0 Å². The number of hydrogen-bond donors (Lipinski definition) is 0. The Morgan fingerprint density at radius 1 is 0.667 bits per heavy atom. The number of nitrogens with zero attached hydrogens (tertiary/aromatic N) is 2. The van der Waals surface area contributed by atoms with Crippen molar-refractivity contribution in [3.63, 3.8) is 0 Å². The minimum atomic E-state index is 0. The predicted molar refractivity (Wildman–Crippen MR) is 100 cm³/mol. The topological polar surface area (TPSA) is 95.8 Å². The van der Waals surface area contributed by atoms with E-state index in [0.717, 1.165) is 0 Å². The van der Waals surface area contributed by atoms with Gasteiger partial charge < -0.3 is 18.9 Å². The minimum Gasteiger partial charge on any atom is -0.493 e. The second-order valence-electron chi connectivity index (χ2n) is 4.86. The van der Waals surface area contributed by atoms with Gasteiger partial charge in [-0.25, -0.2) is 9.59 Å². The molecule has 0 spiro atoms. The maximum absolute atomic E-state index is 10.7. The molecule has 2 aromatic carbocycles. The van der Waals surface area contributed by atoms with Crippen molar-refractivity contribution in [3.05, 3.63) is 24.3 Å². The molecule has 27 heavy (non-hydrogen) atoms. The average molecular weight is 372 g/mol. The average Bonchev–Trinajstić information content (AvgIpc) is 2.66. The first-order valence-corrected chi connectivity index (χ1v) is 7.31. The second kappa shape index (κ2) is 9.77. The van der Waals surface area contributed by atoms with Gasteiger partial charge in [-0.05, 0) is 12.1 Å². The SMILES string of the molecule is C.COc1cc(N=C=O)cc(-c2cc(N=C=O)cc(OC)c2OC)c1OC. The Hall–Kier alpha value is -3.60. The van der Waals surface area contributed by atoms with Crippen molar-refractivity contribution < 1.29 is 28.5 Å². The maximum Gasteiger partial charge on any atom is 0.240 e. The molecule has 0 saturated carbocycles. The predicted octanol–water partition coefficient (Wildman–Crippen LogP) is 3.96. The number of benzene rings is 2. The summed E-state index contributed by atoms with van der Waals surface area (Å²) in [4.78, 5) is 28.6. The molecule has 0 fully saturated rings. The van der Waals surface area contributed by atoms with Crippen LogP contribution in [0.5, 0.6) is 23.0 Å². The fourth-order valence-corrected chi connectivity index (χ4v) is 2.53. The molecule has 0 aliphatic carbocycles. The smallest absolute Gasteiger partial charge is 0.240 e. The highest BCUT2D eigenvalue weighted by atomic mass is 16.5. The molecule has 0 saturated heterocycles. The van der Waals surface area contributed by atoms with Crippen LogP contribution in [0.1, 0.15) is 7.43 Å². The number of carbonyl (C=O) groups excluding carboxylic acids is 2. The Morgan fingerprint density at radius 2 is 1.04 bits per heavy atom. The summed E-state index contributed by atoms with van der Waals surface area (Å²) >= 11 is 0. The zero-order valence-corrected chi connectivity index (χ0v) is 14.7. The lowest BCUT2D eigenvalue weighted by molar-refractivity contribution is 0.352. The van der Waals surface area contributed by atoms with Crippen LogP contribution in [0.4, 0.5) is 11.4 Å². The molecule has 142 valence electrons. The molecule has 2 rings (SSSR count). The third-order valence-corrected chi connectivity index (χ3v) is 3.57. The highest BCUT2D eigenvalue weighted by Crippen LogP contribution is 2.48. The van der Waals surface area contributed by atoms with Crippen molar-refractivity contribution in [2.45, 2.75) is 7.43 Å². The van der Waals surface area contributed by atoms with E-state index in [2.05, 4.69) is 9.98 Å². The lowest BCUT2D eigenvalue weighted by Crippen LogP contribution is -1.97. The first-order chi connectivity index (χ1) is 12.6. The van der Waals surface area contributed by atoms with Gasteiger partial charge in [0.15, 0.2) is 23.0 Å². The first kappa shape index (κ1) is 21.4. The largest absolute Gasteiger partial charge is 0.493 e. The summed E-state index contributed by atoms with van der Waals surface area (Å²) in [6, 6.07) is 6.25. The third-order valence-electron chi connectivity index (χ3n) is 3.57. The van der Waals surface area contributed by atoms with E-state index in [0.29, 0.717) is 45.5 Å². The van der Waals surface area contributed by atoms with Gasteiger partial charge >= 0.3 is 0 Å². The summed E-state index contributed by atoms with van der Waals surface area (Å²) in [5.41, 5.74) is 1.61. The fourth-order valence-electron chi connectivity index (χ4n) is 2.53. The van der Waals surface area contributed by atoms with Crippen LogP contribution in [0.25, 0.3) is 11.1 Å². The van der Waals surface area contributed by atoms with E-state index in [1.807, 2.05) is 0 Å². The van der Waals surface area contributed by atoms with Crippen molar-refractivity contribution in [2.24, 2.45) is 9.98 Å². The van der Waals surface area contributed by atoms with Crippen LogP contribution in [0.3, 0.4) is 0 Å². The van der Waals surface area contributed by atoms with Crippen LogP contribution in [0.15, 0.2) is 34.3 Å². The lowest BCUT2D eigenvalue weighted by Gasteiger charge is -2.18. The normalized spacial score (nSPS) is 9.19. The number of aliphatic imine (C=N–C) groups is 2. The zero-order chi connectivity index (χ0) is 19.1. The molecule has 0 radical (unpaired) electrons. The van der Waals surface area contributed by atoms with Crippen LogP contribution in [-0.2, 0) is 9.59 Å². The standard InChI is InChI=1S/C18H16N2O6.CH4/c1-23-15-7-11(19-9-21)5-13(17(15)25-3)14-6-12(20-10-22)8-16(24-2)18(14)26-4;/h5-8H,1-4H3;1H4. The zero-order valence-electron chi connectivity index (χ0n) is 14.7. The molecule has 2 aromatic rings. The third kappa shape index (κ3) is 4.33. The number of rotatable bonds is 7. The van der Waals surface area contributed by atoms with Crippen molar-refractivity contribution >= 4 is 23.5 Å². The molecule has 0 aromatic heterocycles. The molecular weight excluding hydrogens is 352 g/mol. The molecular formula is C19H20N2O6. The fraction of sp³-hybridized carbons (Fsp3) is 0.263. The number of methoxy groups -OCH3 is 4. The summed E-state index contributed by atoms with van der Waals surface area (Å²) in [5, 5.41) is 0. The molecule has 0 aliphatic heterocycles. The highest BCUT2D eigenvalue weighted by Gasteiger charge is 2.21. The summed E-state index contributed by atoms with van der Waals surface area (Å²) in [6.07, 6.45) is 2.97. The van der Waals surface area contributed by atoms with Gasteiger partial charge in [0.05, 0.1) is 39.8 Å². The Morgan fingerprint density at radius 3 is 1.30 bits per heavy atom. The Balaban J connectivity index is 0.00000364. The Labute approximate surface area is 157 Å². The van der Waals surface area contributed by atoms with Crippen molar-refractivity contribution in [3.8, 4) is 34.1 Å². The van der Waals surface area contributed by atoms with Crippen LogP contribution in [0, 0.1) is 0 Å². The van der Waals surface area contributed by atoms with E-state index in [-0.39, 0.29) is 7.43 Å². The lowest BCUT2D eigenvalue weighted by atomic mass is 10.0. The van der Waals surface area contributed by atoms with Crippen LogP contribution in [-0.4, -0.2) is 40.6 Å². The van der Waals surface area contributed by atoms with E-state index in [9.17, 15) is 9.59 Å². The highest BCUT2D eigenvalue weighted by molar-refractivity contribution is 5.85. The summed E-state index contributed by atoms with van der Waals surface area (Å²) in [6.45, 7) is 0. The Kier molecular flexibility index (Phi) is 7.76. The molecule has 0 heterocycles. The molecule has 8 nitrogen and oxygen atoms in total. The number of ether oxygens (including phenoxy) is 4. The number of hydrogen-bond acceptors (Lipinski definition) is 8. The van der Waals surface area contributed by atoms with E-state index in [1.165, 1.54) is 52.7 Å². The van der Waals surface area contributed by atoms with Crippen LogP contribution >= 0.6 is 0 Å². The Bertz CT molecular complexity index is 837. The van der Waals surface area contributed by atoms with E-state index >= 15 is 0 Å². The van der Waals surface area contributed by atoms with E-state index in [1.54, 1.807) is 12.1 Å². The van der Waals surface area contributed by atoms with Gasteiger partial charge in [0.2, 0.25) is 12.2 Å². The molecule has 0 aliphatic rings. The molecule has 8 heteroatoms. The van der Waals surface area contributed by atoms with Gasteiger partial charge in [-0.2, -0.15) is 9.98 Å². The number of isocyanates is 2. The van der Waals surface area contributed by atoms with Crippen LogP contribution in [0.2, 0.25) is 0 Å². The van der Waals surface area contributed by atoms with Crippen LogP contribution < -0.4 is 18.9 Å². The van der Waals surface area contributed by atoms with Gasteiger partial charge in [-0.15, -0.1) is 0 Å². The maximum atomic E-state index is 10.7. The van der Waals surface area contributed by atoms with Crippen molar-refractivity contribution in [1.82, 2.24) is 0 Å². The molecule has 0 bridgehead atoms. The minimum absolute atomic E-state index is 0.